The Morgan fingerprint density at radius 2 is 2.14 bits per heavy atom. The number of esters is 1. The minimum atomic E-state index is -0.225. The van der Waals surface area contributed by atoms with Crippen molar-refractivity contribution >= 4 is 11.8 Å². The van der Waals surface area contributed by atoms with Crippen LogP contribution in [0.25, 0.3) is 0 Å². The normalized spacial score (nSPS) is 36.5. The Morgan fingerprint density at radius 3 is 2.93 bits per heavy atom. The molecule has 2 rings (SSSR count). The highest BCUT2D eigenvalue weighted by molar-refractivity contribution is 5.93. The summed E-state index contributed by atoms with van der Waals surface area (Å²) in [6, 6.07) is 0. The predicted octanol–water partition coefficient (Wildman–Crippen LogP) is 1.47. The first-order valence-corrected chi connectivity index (χ1v) is 5.05. The van der Waals surface area contributed by atoms with Crippen LogP contribution in [0.1, 0.15) is 26.2 Å². The molecule has 2 aliphatic rings. The van der Waals surface area contributed by atoms with Crippen molar-refractivity contribution in [1.29, 1.82) is 0 Å². The van der Waals surface area contributed by atoms with Crippen molar-refractivity contribution in [3.05, 3.63) is 11.6 Å². The molecule has 0 unspecified atom stereocenters. The number of Topliss-reactive ketones (excluding diaryl/α,β-unsaturated/α-hetero) is 1. The lowest BCUT2D eigenvalue weighted by molar-refractivity contribution is -0.135. The fourth-order valence-electron chi connectivity index (χ4n) is 2.09. The Kier molecular flexibility index (Phi) is 2.40. The van der Waals surface area contributed by atoms with Crippen LogP contribution >= 0.6 is 0 Å². The minimum Gasteiger partial charge on any atom is -0.462 e. The lowest BCUT2D eigenvalue weighted by atomic mass is 9.87. The van der Waals surface area contributed by atoms with Crippen molar-refractivity contribution in [2.24, 2.45) is 11.8 Å². The summed E-state index contributed by atoms with van der Waals surface area (Å²) >= 11 is 0. The van der Waals surface area contributed by atoms with Crippen LogP contribution in [0.15, 0.2) is 11.6 Å². The van der Waals surface area contributed by atoms with Crippen molar-refractivity contribution < 1.29 is 14.3 Å². The van der Waals surface area contributed by atoms with Crippen LogP contribution < -0.4 is 0 Å². The van der Waals surface area contributed by atoms with Gasteiger partial charge in [-0.2, -0.15) is 0 Å². The number of carbonyl (C=O) groups is 2. The van der Waals surface area contributed by atoms with E-state index in [2.05, 4.69) is 0 Å². The summed E-state index contributed by atoms with van der Waals surface area (Å²) in [6.45, 7) is 2.43. The Balaban J connectivity index is 2.22. The first kappa shape index (κ1) is 9.44. The molecule has 1 heterocycles. The predicted molar refractivity (Wildman–Crippen MR) is 50.6 cm³/mol. The number of hydrogen-bond donors (Lipinski definition) is 0. The van der Waals surface area contributed by atoms with Gasteiger partial charge in [0.25, 0.3) is 0 Å². The zero-order valence-corrected chi connectivity index (χ0v) is 8.29. The molecule has 3 nitrogen and oxygen atoms in total. The van der Waals surface area contributed by atoms with Crippen LogP contribution in [-0.4, -0.2) is 18.4 Å². The van der Waals surface area contributed by atoms with Crippen LogP contribution in [0.3, 0.4) is 0 Å². The third-order valence-corrected chi connectivity index (χ3v) is 2.88. The van der Waals surface area contributed by atoms with E-state index < -0.39 is 0 Å². The van der Waals surface area contributed by atoms with Crippen LogP contribution in [0.5, 0.6) is 0 Å². The molecule has 0 aromatic heterocycles. The standard InChI is InChI=1S/C11H14O3/c1-7-2-3-10-8(5-9(12)4-7)6-14-11(10)13/h3,7-8H,2,4-6H2,1H3/b10-3+/t7-,8+/m1/s1. The summed E-state index contributed by atoms with van der Waals surface area (Å²) in [5.74, 6) is 0.412. The van der Waals surface area contributed by atoms with Crippen LogP contribution in [0, 0.1) is 11.8 Å². The zero-order valence-electron chi connectivity index (χ0n) is 8.29. The SMILES string of the molecule is C[C@@H]1C/C=C2/C(=O)OC[C@@H]2CC(=O)C1. The van der Waals surface area contributed by atoms with Gasteiger partial charge in [0.1, 0.15) is 5.78 Å². The average molecular weight is 194 g/mol. The number of cyclic esters (lactones) is 1. The van der Waals surface area contributed by atoms with E-state index in [1.54, 1.807) is 0 Å². The van der Waals surface area contributed by atoms with Gasteiger partial charge in [0.15, 0.2) is 0 Å². The minimum absolute atomic E-state index is 0.0301. The van der Waals surface area contributed by atoms with Gasteiger partial charge in [-0.1, -0.05) is 13.0 Å². The molecule has 1 aliphatic heterocycles. The summed E-state index contributed by atoms with van der Waals surface area (Å²) in [5.41, 5.74) is 0.727. The van der Waals surface area contributed by atoms with Gasteiger partial charge in [-0.25, -0.2) is 4.79 Å². The molecule has 0 aromatic carbocycles. The van der Waals surface area contributed by atoms with Crippen molar-refractivity contribution in [1.82, 2.24) is 0 Å². The van der Waals surface area contributed by atoms with Crippen LogP contribution in [0.4, 0.5) is 0 Å². The van der Waals surface area contributed by atoms with Gasteiger partial charge in [-0.3, -0.25) is 4.79 Å². The second kappa shape index (κ2) is 3.56. The molecule has 2 atom stereocenters. The summed E-state index contributed by atoms with van der Waals surface area (Å²) < 4.78 is 4.94. The van der Waals surface area contributed by atoms with E-state index in [9.17, 15) is 9.59 Å². The van der Waals surface area contributed by atoms with E-state index in [1.165, 1.54) is 0 Å². The molecule has 76 valence electrons. The quantitative estimate of drug-likeness (QED) is 0.548. The number of carbonyl (C=O) groups excluding carboxylic acids is 2. The molecule has 0 saturated carbocycles. The van der Waals surface area contributed by atoms with E-state index >= 15 is 0 Å². The molecular formula is C11H14O3. The van der Waals surface area contributed by atoms with E-state index in [0.717, 1.165) is 12.0 Å². The number of hydrogen-bond acceptors (Lipinski definition) is 3. The summed E-state index contributed by atoms with van der Waals surface area (Å²) in [5, 5.41) is 0. The van der Waals surface area contributed by atoms with Gasteiger partial charge in [0.2, 0.25) is 0 Å². The maximum absolute atomic E-state index is 11.5. The largest absolute Gasteiger partial charge is 0.462 e. The topological polar surface area (TPSA) is 43.4 Å². The molecule has 0 N–H and O–H groups in total. The van der Waals surface area contributed by atoms with Gasteiger partial charge >= 0.3 is 5.97 Å². The average Bonchev–Trinajstić information content (AvgIpc) is 2.41. The third kappa shape index (κ3) is 1.72. The Bertz CT molecular complexity index is 304. The highest BCUT2D eigenvalue weighted by Crippen LogP contribution is 2.29. The number of rotatable bonds is 0. The summed E-state index contributed by atoms with van der Waals surface area (Å²) in [4.78, 5) is 22.8. The molecule has 3 heteroatoms. The van der Waals surface area contributed by atoms with Crippen LogP contribution in [0.2, 0.25) is 0 Å². The molecule has 1 saturated heterocycles. The fourth-order valence-corrected chi connectivity index (χ4v) is 2.09. The van der Waals surface area contributed by atoms with Gasteiger partial charge < -0.3 is 4.74 Å². The Labute approximate surface area is 83.1 Å². The van der Waals surface area contributed by atoms with Gasteiger partial charge in [0, 0.05) is 24.3 Å². The molecule has 1 aliphatic carbocycles. The van der Waals surface area contributed by atoms with E-state index in [-0.39, 0.29) is 17.7 Å². The summed E-state index contributed by atoms with van der Waals surface area (Å²) in [7, 11) is 0. The Morgan fingerprint density at radius 1 is 1.36 bits per heavy atom. The summed E-state index contributed by atoms with van der Waals surface area (Å²) in [6.07, 6.45) is 3.88. The molecule has 0 aromatic rings. The first-order chi connectivity index (χ1) is 6.66. The number of ketones is 1. The molecular weight excluding hydrogens is 180 g/mol. The van der Waals surface area contributed by atoms with E-state index in [0.29, 0.717) is 25.4 Å². The highest BCUT2D eigenvalue weighted by Gasteiger charge is 2.33. The maximum atomic E-state index is 11.5. The molecule has 0 spiro atoms. The van der Waals surface area contributed by atoms with Gasteiger partial charge in [0.05, 0.1) is 6.61 Å². The van der Waals surface area contributed by atoms with Crippen molar-refractivity contribution in [2.75, 3.05) is 6.61 Å². The smallest absolute Gasteiger partial charge is 0.334 e. The number of ether oxygens (including phenoxy) is 1. The second-order valence-electron chi connectivity index (χ2n) is 4.24. The maximum Gasteiger partial charge on any atom is 0.334 e. The number of allylic oxidation sites excluding steroid dienone is 1. The van der Waals surface area contributed by atoms with E-state index in [4.69, 9.17) is 4.74 Å². The highest BCUT2D eigenvalue weighted by atomic mass is 16.5. The van der Waals surface area contributed by atoms with Crippen molar-refractivity contribution in [3.63, 3.8) is 0 Å². The van der Waals surface area contributed by atoms with Crippen molar-refractivity contribution in [3.8, 4) is 0 Å². The lowest BCUT2D eigenvalue weighted by Gasteiger charge is -2.14. The van der Waals surface area contributed by atoms with Crippen molar-refractivity contribution in [2.45, 2.75) is 26.2 Å². The first-order valence-electron chi connectivity index (χ1n) is 5.05. The fraction of sp³-hybridized carbons (Fsp3) is 0.636. The lowest BCUT2D eigenvalue weighted by Crippen LogP contribution is -2.16. The Hall–Kier alpha value is -1.12. The van der Waals surface area contributed by atoms with Gasteiger partial charge in [-0.05, 0) is 12.3 Å². The third-order valence-electron chi connectivity index (χ3n) is 2.88. The molecule has 0 amide bonds. The van der Waals surface area contributed by atoms with E-state index in [1.807, 2.05) is 13.0 Å². The van der Waals surface area contributed by atoms with Crippen LogP contribution in [-0.2, 0) is 14.3 Å². The molecule has 1 fully saturated rings. The molecule has 0 radical (unpaired) electrons. The molecule has 14 heavy (non-hydrogen) atoms. The number of fused-ring (bicyclic) bond motifs is 1. The second-order valence-corrected chi connectivity index (χ2v) is 4.24. The monoisotopic (exact) mass is 194 g/mol. The van der Waals surface area contributed by atoms with Gasteiger partial charge in [-0.15, -0.1) is 0 Å². The molecule has 0 bridgehead atoms. The zero-order chi connectivity index (χ0) is 10.1.